The van der Waals surface area contributed by atoms with Crippen LogP contribution in [0.5, 0.6) is 17.2 Å². The lowest BCUT2D eigenvalue weighted by Gasteiger charge is -2.13. The molecule has 1 aromatic carbocycles. The molecule has 0 fully saturated rings. The smallest absolute Gasteiger partial charge is 0.271 e. The summed E-state index contributed by atoms with van der Waals surface area (Å²) in [6, 6.07) is 3.16. The zero-order chi connectivity index (χ0) is 16.0. The minimum atomic E-state index is -0.339. The predicted molar refractivity (Wildman–Crippen MR) is 81.5 cm³/mol. The third-order valence-electron chi connectivity index (χ3n) is 3.10. The molecule has 0 aliphatic heterocycles. The average molecular weight is 294 g/mol. The number of hydrazone groups is 1. The van der Waals surface area contributed by atoms with Crippen LogP contribution in [0, 0.1) is 5.92 Å². The topological polar surface area (TPSA) is 69.2 Å². The van der Waals surface area contributed by atoms with Crippen LogP contribution in [0.2, 0.25) is 0 Å². The summed E-state index contributed by atoms with van der Waals surface area (Å²) in [5.41, 5.74) is 3.74. The maximum absolute atomic E-state index is 12.1. The van der Waals surface area contributed by atoms with E-state index in [2.05, 4.69) is 10.5 Å². The van der Waals surface area contributed by atoms with E-state index in [4.69, 9.17) is 14.2 Å². The number of carbonyl (C=O) groups excluding carboxylic acids is 1. The molecule has 116 valence electrons. The van der Waals surface area contributed by atoms with Crippen molar-refractivity contribution in [1.82, 2.24) is 5.43 Å². The zero-order valence-electron chi connectivity index (χ0n) is 13.3. The molecule has 0 unspecified atom stereocenters. The second-order valence-corrected chi connectivity index (χ2v) is 4.76. The number of hydrogen-bond donors (Lipinski definition) is 1. The van der Waals surface area contributed by atoms with Gasteiger partial charge >= 0.3 is 0 Å². The van der Waals surface area contributed by atoms with Gasteiger partial charge in [-0.2, -0.15) is 5.10 Å². The number of methoxy groups -OCH3 is 3. The van der Waals surface area contributed by atoms with E-state index in [-0.39, 0.29) is 11.8 Å². The third-order valence-corrected chi connectivity index (χ3v) is 3.10. The largest absolute Gasteiger partial charge is 0.493 e. The first-order chi connectivity index (χ1) is 9.94. The van der Waals surface area contributed by atoms with E-state index < -0.39 is 0 Å². The lowest BCUT2D eigenvalue weighted by molar-refractivity contribution is 0.0954. The molecule has 0 bridgehead atoms. The molecule has 0 saturated heterocycles. The predicted octanol–water partition coefficient (Wildman–Crippen LogP) is 2.47. The molecule has 1 amide bonds. The number of benzene rings is 1. The Labute approximate surface area is 125 Å². The number of nitrogens with one attached hydrogen (secondary N) is 1. The highest BCUT2D eigenvalue weighted by atomic mass is 16.5. The SMILES string of the molecule is COc1cc(C(=O)N/N=C(/C)C(C)C)cc(OC)c1OC. The molecule has 0 atom stereocenters. The summed E-state index contributed by atoms with van der Waals surface area (Å²) in [6.07, 6.45) is 0. The van der Waals surface area contributed by atoms with E-state index in [1.807, 2.05) is 20.8 Å². The van der Waals surface area contributed by atoms with Crippen LogP contribution in [0.1, 0.15) is 31.1 Å². The Bertz CT molecular complexity index is 513. The van der Waals surface area contributed by atoms with Crippen LogP contribution in [0.3, 0.4) is 0 Å². The average Bonchev–Trinajstić information content (AvgIpc) is 2.50. The molecular formula is C15H22N2O4. The standard InChI is InChI=1S/C15H22N2O4/c1-9(2)10(3)16-17-15(18)11-7-12(19-4)14(21-6)13(8-11)20-5/h7-9H,1-6H3,(H,17,18)/b16-10-. The number of ether oxygens (including phenoxy) is 3. The first-order valence-corrected chi connectivity index (χ1v) is 6.59. The number of nitrogens with zero attached hydrogens (tertiary/aromatic N) is 1. The number of amides is 1. The van der Waals surface area contributed by atoms with Crippen LogP contribution < -0.4 is 19.6 Å². The minimum absolute atomic E-state index is 0.269. The van der Waals surface area contributed by atoms with Crippen LogP contribution >= 0.6 is 0 Å². The van der Waals surface area contributed by atoms with Gasteiger partial charge in [-0.1, -0.05) is 13.8 Å². The maximum Gasteiger partial charge on any atom is 0.271 e. The molecule has 0 radical (unpaired) electrons. The Hall–Kier alpha value is -2.24. The first kappa shape index (κ1) is 16.8. The maximum atomic E-state index is 12.1. The summed E-state index contributed by atoms with van der Waals surface area (Å²) in [5.74, 6) is 1.22. The van der Waals surface area contributed by atoms with Gasteiger partial charge in [0, 0.05) is 11.3 Å². The molecule has 0 aliphatic rings. The molecule has 0 aromatic heterocycles. The van der Waals surface area contributed by atoms with Gasteiger partial charge in [0.15, 0.2) is 11.5 Å². The van der Waals surface area contributed by atoms with Crippen molar-refractivity contribution in [2.24, 2.45) is 11.0 Å². The van der Waals surface area contributed by atoms with Gasteiger partial charge in [0.1, 0.15) is 0 Å². The summed E-state index contributed by atoms with van der Waals surface area (Å²) < 4.78 is 15.6. The van der Waals surface area contributed by atoms with E-state index in [1.54, 1.807) is 12.1 Å². The van der Waals surface area contributed by atoms with Gasteiger partial charge < -0.3 is 14.2 Å². The van der Waals surface area contributed by atoms with Gasteiger partial charge in [0.05, 0.1) is 21.3 Å². The Morgan fingerprint density at radius 3 is 2.00 bits per heavy atom. The molecular weight excluding hydrogens is 272 g/mol. The summed E-state index contributed by atoms with van der Waals surface area (Å²) in [4.78, 5) is 12.1. The summed E-state index contributed by atoms with van der Waals surface area (Å²) in [7, 11) is 4.51. The zero-order valence-corrected chi connectivity index (χ0v) is 13.3. The van der Waals surface area contributed by atoms with Gasteiger partial charge in [-0.15, -0.1) is 0 Å². The number of rotatable bonds is 6. The molecule has 0 saturated carbocycles. The highest BCUT2D eigenvalue weighted by Crippen LogP contribution is 2.38. The van der Waals surface area contributed by atoms with Crippen LogP contribution in [-0.4, -0.2) is 32.9 Å². The van der Waals surface area contributed by atoms with Crippen LogP contribution in [0.25, 0.3) is 0 Å². The van der Waals surface area contributed by atoms with Gasteiger partial charge in [0.25, 0.3) is 5.91 Å². The Morgan fingerprint density at radius 1 is 1.10 bits per heavy atom. The molecule has 0 aliphatic carbocycles. The fraction of sp³-hybridized carbons (Fsp3) is 0.467. The quantitative estimate of drug-likeness (QED) is 0.646. The van der Waals surface area contributed by atoms with Crippen molar-refractivity contribution >= 4 is 11.6 Å². The molecule has 0 spiro atoms. The lowest BCUT2D eigenvalue weighted by Crippen LogP contribution is -2.20. The summed E-state index contributed by atoms with van der Waals surface area (Å²) in [6.45, 7) is 5.87. The van der Waals surface area contributed by atoms with Gasteiger partial charge in [-0.25, -0.2) is 5.43 Å². The van der Waals surface area contributed by atoms with Crippen molar-refractivity contribution in [3.63, 3.8) is 0 Å². The van der Waals surface area contributed by atoms with E-state index in [0.29, 0.717) is 22.8 Å². The van der Waals surface area contributed by atoms with Crippen molar-refractivity contribution in [3.8, 4) is 17.2 Å². The third kappa shape index (κ3) is 4.11. The van der Waals surface area contributed by atoms with Crippen molar-refractivity contribution in [3.05, 3.63) is 17.7 Å². The van der Waals surface area contributed by atoms with E-state index in [0.717, 1.165) is 5.71 Å². The minimum Gasteiger partial charge on any atom is -0.493 e. The van der Waals surface area contributed by atoms with Crippen LogP contribution in [0.15, 0.2) is 17.2 Å². The van der Waals surface area contributed by atoms with E-state index in [1.165, 1.54) is 21.3 Å². The summed E-state index contributed by atoms with van der Waals surface area (Å²) >= 11 is 0. The second kappa shape index (κ2) is 7.52. The summed E-state index contributed by atoms with van der Waals surface area (Å²) in [5, 5.41) is 4.06. The van der Waals surface area contributed by atoms with Crippen molar-refractivity contribution in [1.29, 1.82) is 0 Å². The normalized spacial score (nSPS) is 11.3. The van der Waals surface area contributed by atoms with Crippen LogP contribution in [0.4, 0.5) is 0 Å². The molecule has 6 nitrogen and oxygen atoms in total. The van der Waals surface area contributed by atoms with Crippen molar-refractivity contribution < 1.29 is 19.0 Å². The Balaban J connectivity index is 3.08. The highest BCUT2D eigenvalue weighted by Gasteiger charge is 2.16. The number of hydrogen-bond acceptors (Lipinski definition) is 5. The number of carbonyl (C=O) groups is 1. The van der Waals surface area contributed by atoms with Gasteiger partial charge in [-0.3, -0.25) is 4.79 Å². The fourth-order valence-corrected chi connectivity index (χ4v) is 1.54. The van der Waals surface area contributed by atoms with Gasteiger partial charge in [0.2, 0.25) is 5.75 Å². The monoisotopic (exact) mass is 294 g/mol. The molecule has 1 N–H and O–H groups in total. The van der Waals surface area contributed by atoms with Gasteiger partial charge in [-0.05, 0) is 25.0 Å². The Morgan fingerprint density at radius 2 is 1.62 bits per heavy atom. The first-order valence-electron chi connectivity index (χ1n) is 6.59. The van der Waals surface area contributed by atoms with E-state index >= 15 is 0 Å². The highest BCUT2D eigenvalue weighted by molar-refractivity contribution is 5.96. The molecule has 21 heavy (non-hydrogen) atoms. The van der Waals surface area contributed by atoms with Crippen LogP contribution in [-0.2, 0) is 0 Å². The lowest BCUT2D eigenvalue weighted by atomic mass is 10.1. The van der Waals surface area contributed by atoms with Crippen molar-refractivity contribution in [2.75, 3.05) is 21.3 Å². The second-order valence-electron chi connectivity index (χ2n) is 4.76. The molecule has 1 rings (SSSR count). The molecule has 6 heteroatoms. The van der Waals surface area contributed by atoms with E-state index in [9.17, 15) is 4.79 Å². The molecule has 1 aromatic rings. The fourth-order valence-electron chi connectivity index (χ4n) is 1.54. The molecule has 0 heterocycles. The Kier molecular flexibility index (Phi) is 6.02. The van der Waals surface area contributed by atoms with Crippen molar-refractivity contribution in [2.45, 2.75) is 20.8 Å².